The third kappa shape index (κ3) is 4.07. The summed E-state index contributed by atoms with van der Waals surface area (Å²) >= 11 is 0. The minimum Gasteiger partial charge on any atom is -0.465 e. The fourth-order valence-electron chi connectivity index (χ4n) is 2.86. The highest BCUT2D eigenvalue weighted by atomic mass is 16.5. The summed E-state index contributed by atoms with van der Waals surface area (Å²) in [7, 11) is 1.33. The molecule has 0 aliphatic heterocycles. The zero-order valence-corrected chi connectivity index (χ0v) is 16.0. The van der Waals surface area contributed by atoms with Gasteiger partial charge in [0.15, 0.2) is 0 Å². The number of aromatic nitrogens is 3. The van der Waals surface area contributed by atoms with Gasteiger partial charge >= 0.3 is 5.97 Å². The first-order valence-electron chi connectivity index (χ1n) is 9.06. The maximum Gasteiger partial charge on any atom is 0.337 e. The van der Waals surface area contributed by atoms with Crippen LogP contribution in [-0.4, -0.2) is 33.9 Å². The Kier molecular flexibility index (Phi) is 5.29. The fraction of sp³-hybridized carbons (Fsp3) is 0.0455. The Morgan fingerprint density at radius 1 is 0.900 bits per heavy atom. The Morgan fingerprint density at radius 2 is 1.70 bits per heavy atom. The highest BCUT2D eigenvalue weighted by molar-refractivity contribution is 6.07. The number of pyridine rings is 1. The van der Waals surface area contributed by atoms with Gasteiger partial charge in [0, 0.05) is 17.3 Å². The van der Waals surface area contributed by atoms with Crippen LogP contribution in [0.3, 0.4) is 0 Å². The number of nitrogens with one attached hydrogen (secondary N) is 2. The molecule has 0 radical (unpaired) electrons. The molecule has 2 heterocycles. The fourth-order valence-corrected chi connectivity index (χ4v) is 2.86. The summed E-state index contributed by atoms with van der Waals surface area (Å²) in [5, 5.41) is 6.81. The average molecular weight is 399 g/mol. The lowest BCUT2D eigenvalue weighted by Crippen LogP contribution is -2.14. The van der Waals surface area contributed by atoms with Gasteiger partial charge in [-0.15, -0.1) is 0 Å². The summed E-state index contributed by atoms with van der Waals surface area (Å²) in [6.07, 6.45) is 4.53. The van der Waals surface area contributed by atoms with Crippen molar-refractivity contribution in [2.24, 2.45) is 0 Å². The van der Waals surface area contributed by atoms with Crippen LogP contribution >= 0.6 is 0 Å². The highest BCUT2D eigenvalue weighted by Gasteiger charge is 2.11. The smallest absolute Gasteiger partial charge is 0.337 e. The van der Waals surface area contributed by atoms with Crippen molar-refractivity contribution in [3.63, 3.8) is 0 Å². The summed E-state index contributed by atoms with van der Waals surface area (Å²) in [6.45, 7) is 0. The van der Waals surface area contributed by atoms with Gasteiger partial charge in [0.2, 0.25) is 0 Å². The van der Waals surface area contributed by atoms with Crippen molar-refractivity contribution in [3.8, 4) is 0 Å². The molecule has 2 N–H and O–H groups in total. The number of carbonyl (C=O) groups excluding carboxylic acids is 2. The van der Waals surface area contributed by atoms with Gasteiger partial charge < -0.3 is 15.4 Å². The first-order chi connectivity index (χ1) is 14.6. The summed E-state index contributed by atoms with van der Waals surface area (Å²) in [6, 6.07) is 16.1. The molecule has 0 aliphatic carbocycles. The zero-order chi connectivity index (χ0) is 20.9. The normalized spacial score (nSPS) is 10.4. The number of nitrogens with zero attached hydrogens (tertiary/aromatic N) is 3. The van der Waals surface area contributed by atoms with E-state index in [9.17, 15) is 9.59 Å². The van der Waals surface area contributed by atoms with Crippen LogP contribution in [0.5, 0.6) is 0 Å². The molecular formula is C22H17N5O3. The third-order valence-electron chi connectivity index (χ3n) is 4.34. The van der Waals surface area contributed by atoms with Crippen molar-refractivity contribution in [3.05, 3.63) is 84.4 Å². The Hall–Kier alpha value is -4.33. The van der Waals surface area contributed by atoms with Gasteiger partial charge in [-0.25, -0.2) is 14.8 Å². The SMILES string of the molecule is COC(=O)c1ccc(Nc2cnc(C(=O)Nc3cccc4cccnc34)cn2)cc1. The van der Waals surface area contributed by atoms with Crippen LogP contribution in [0.15, 0.2) is 73.2 Å². The number of carbonyl (C=O) groups is 2. The Labute approximate surface area is 172 Å². The van der Waals surface area contributed by atoms with Crippen LogP contribution in [0.1, 0.15) is 20.8 Å². The third-order valence-corrected chi connectivity index (χ3v) is 4.34. The van der Waals surface area contributed by atoms with Crippen LogP contribution in [-0.2, 0) is 4.74 Å². The molecule has 0 fully saturated rings. The van der Waals surface area contributed by atoms with Crippen LogP contribution < -0.4 is 10.6 Å². The molecule has 8 heteroatoms. The summed E-state index contributed by atoms with van der Waals surface area (Å²) in [5.41, 5.74) is 2.65. The Bertz CT molecular complexity index is 1200. The van der Waals surface area contributed by atoms with E-state index in [4.69, 9.17) is 0 Å². The number of rotatable bonds is 5. The molecule has 2 aromatic heterocycles. The summed E-state index contributed by atoms with van der Waals surface area (Å²) in [5.74, 6) is -0.322. The van der Waals surface area contributed by atoms with E-state index in [1.54, 1.807) is 36.5 Å². The predicted molar refractivity (Wildman–Crippen MR) is 113 cm³/mol. The molecule has 0 bridgehead atoms. The standard InChI is InChI=1S/C22H17N5O3/c1-30-22(29)15-7-9-16(10-8-15)26-19-13-24-18(12-25-19)21(28)27-17-6-2-4-14-5-3-11-23-20(14)17/h2-13H,1H3,(H,25,26)(H,27,28). The molecular weight excluding hydrogens is 382 g/mol. The van der Waals surface area contributed by atoms with E-state index in [0.717, 1.165) is 11.1 Å². The van der Waals surface area contributed by atoms with Crippen molar-refractivity contribution in [1.82, 2.24) is 15.0 Å². The maximum atomic E-state index is 12.6. The number of methoxy groups -OCH3 is 1. The number of anilines is 3. The quantitative estimate of drug-likeness (QED) is 0.492. The van der Waals surface area contributed by atoms with E-state index < -0.39 is 5.97 Å². The molecule has 4 aromatic rings. The van der Waals surface area contributed by atoms with E-state index in [1.807, 2.05) is 24.3 Å². The highest BCUT2D eigenvalue weighted by Crippen LogP contribution is 2.21. The van der Waals surface area contributed by atoms with Crippen molar-refractivity contribution in [2.45, 2.75) is 0 Å². The van der Waals surface area contributed by atoms with Gasteiger partial charge in [0.25, 0.3) is 5.91 Å². The van der Waals surface area contributed by atoms with Crippen LogP contribution in [0.2, 0.25) is 0 Å². The molecule has 4 rings (SSSR count). The lowest BCUT2D eigenvalue weighted by atomic mass is 10.2. The number of amides is 1. The molecule has 0 unspecified atom stereocenters. The van der Waals surface area contributed by atoms with Gasteiger partial charge in [-0.05, 0) is 36.4 Å². The van der Waals surface area contributed by atoms with Crippen molar-refractivity contribution < 1.29 is 14.3 Å². The molecule has 2 aromatic carbocycles. The second-order valence-corrected chi connectivity index (χ2v) is 6.32. The van der Waals surface area contributed by atoms with Gasteiger partial charge in [0.1, 0.15) is 11.5 Å². The van der Waals surface area contributed by atoms with Gasteiger partial charge in [-0.1, -0.05) is 18.2 Å². The number of ether oxygens (including phenoxy) is 1. The first-order valence-corrected chi connectivity index (χ1v) is 9.06. The predicted octanol–water partition coefficient (Wildman–Crippen LogP) is 3.81. The molecule has 1 amide bonds. The summed E-state index contributed by atoms with van der Waals surface area (Å²) in [4.78, 5) is 36.8. The van der Waals surface area contributed by atoms with Crippen molar-refractivity contribution in [2.75, 3.05) is 17.7 Å². The number of para-hydroxylation sites is 1. The molecule has 0 aliphatic rings. The Morgan fingerprint density at radius 3 is 2.43 bits per heavy atom. The first kappa shape index (κ1) is 19.0. The summed E-state index contributed by atoms with van der Waals surface area (Å²) < 4.78 is 4.67. The van der Waals surface area contributed by atoms with E-state index in [0.29, 0.717) is 22.6 Å². The molecule has 0 spiro atoms. The van der Waals surface area contributed by atoms with Crippen molar-refractivity contribution in [1.29, 1.82) is 0 Å². The van der Waals surface area contributed by atoms with E-state index in [1.165, 1.54) is 19.5 Å². The largest absolute Gasteiger partial charge is 0.465 e. The number of benzene rings is 2. The number of fused-ring (bicyclic) bond motifs is 1. The van der Waals surface area contributed by atoms with Gasteiger partial charge in [-0.3, -0.25) is 9.78 Å². The lowest BCUT2D eigenvalue weighted by molar-refractivity contribution is 0.0600. The molecule has 8 nitrogen and oxygen atoms in total. The van der Waals surface area contributed by atoms with Gasteiger partial charge in [0.05, 0.1) is 36.3 Å². The Balaban J connectivity index is 1.45. The minimum absolute atomic E-state index is 0.175. The van der Waals surface area contributed by atoms with Crippen LogP contribution in [0.4, 0.5) is 17.2 Å². The zero-order valence-electron chi connectivity index (χ0n) is 16.0. The molecule has 0 atom stereocenters. The maximum absolute atomic E-state index is 12.6. The number of hydrogen-bond acceptors (Lipinski definition) is 7. The molecule has 148 valence electrons. The number of hydrogen-bond donors (Lipinski definition) is 2. The van der Waals surface area contributed by atoms with Crippen molar-refractivity contribution >= 4 is 40.0 Å². The van der Waals surface area contributed by atoms with Gasteiger partial charge in [-0.2, -0.15) is 0 Å². The monoisotopic (exact) mass is 399 g/mol. The molecule has 30 heavy (non-hydrogen) atoms. The van der Waals surface area contributed by atoms with Crippen LogP contribution in [0.25, 0.3) is 10.9 Å². The number of esters is 1. The average Bonchev–Trinajstić information content (AvgIpc) is 2.80. The second-order valence-electron chi connectivity index (χ2n) is 6.32. The molecule has 0 saturated carbocycles. The second kappa shape index (κ2) is 8.36. The molecule has 0 saturated heterocycles. The topological polar surface area (TPSA) is 106 Å². The van der Waals surface area contributed by atoms with E-state index >= 15 is 0 Å². The minimum atomic E-state index is -0.405. The van der Waals surface area contributed by atoms with Crippen LogP contribution in [0, 0.1) is 0 Å². The lowest BCUT2D eigenvalue weighted by Gasteiger charge is -2.09. The van der Waals surface area contributed by atoms with E-state index in [2.05, 4.69) is 30.3 Å². The van der Waals surface area contributed by atoms with E-state index in [-0.39, 0.29) is 11.6 Å².